The SMILES string of the molecule is Cc1cc(C)c(Nc2cc3n(c(=O)n2)CCc2ccccc2-3)c(C)c1. The number of rotatable bonds is 2. The lowest BCUT2D eigenvalue weighted by Crippen LogP contribution is -2.28. The summed E-state index contributed by atoms with van der Waals surface area (Å²) < 4.78 is 1.77. The summed E-state index contributed by atoms with van der Waals surface area (Å²) >= 11 is 0. The number of aryl methyl sites for hydroxylation is 4. The normalized spacial score (nSPS) is 12.4. The third kappa shape index (κ3) is 2.74. The third-order valence-corrected chi connectivity index (χ3v) is 4.84. The summed E-state index contributed by atoms with van der Waals surface area (Å²) in [5, 5.41) is 3.37. The molecule has 4 nitrogen and oxygen atoms in total. The maximum Gasteiger partial charge on any atom is 0.350 e. The zero-order valence-corrected chi connectivity index (χ0v) is 14.8. The molecule has 1 aliphatic heterocycles. The molecule has 0 spiro atoms. The lowest BCUT2D eigenvalue weighted by atomic mass is 9.98. The molecule has 1 N–H and O–H groups in total. The molecule has 0 amide bonds. The van der Waals surface area contributed by atoms with Crippen LogP contribution < -0.4 is 11.0 Å². The predicted molar refractivity (Wildman–Crippen MR) is 102 cm³/mol. The highest BCUT2D eigenvalue weighted by atomic mass is 16.1. The van der Waals surface area contributed by atoms with Gasteiger partial charge >= 0.3 is 5.69 Å². The Balaban J connectivity index is 1.82. The molecule has 0 aliphatic carbocycles. The second-order valence-electron chi connectivity index (χ2n) is 6.77. The van der Waals surface area contributed by atoms with E-state index < -0.39 is 0 Å². The minimum atomic E-state index is -0.197. The van der Waals surface area contributed by atoms with Gasteiger partial charge < -0.3 is 5.32 Å². The average molecular weight is 331 g/mol. The fraction of sp³-hybridized carbons (Fsp3) is 0.238. The van der Waals surface area contributed by atoms with E-state index in [4.69, 9.17) is 0 Å². The predicted octanol–water partition coefficient (Wildman–Crippen LogP) is 4.14. The van der Waals surface area contributed by atoms with Crippen LogP contribution in [-0.4, -0.2) is 9.55 Å². The van der Waals surface area contributed by atoms with Crippen LogP contribution in [0, 0.1) is 20.8 Å². The van der Waals surface area contributed by atoms with Gasteiger partial charge in [0.2, 0.25) is 0 Å². The van der Waals surface area contributed by atoms with Crippen LogP contribution >= 0.6 is 0 Å². The van der Waals surface area contributed by atoms with Crippen LogP contribution in [0.1, 0.15) is 22.3 Å². The fourth-order valence-corrected chi connectivity index (χ4v) is 3.74. The Labute approximate surface area is 147 Å². The van der Waals surface area contributed by atoms with Crippen LogP contribution in [-0.2, 0) is 13.0 Å². The van der Waals surface area contributed by atoms with E-state index in [9.17, 15) is 4.79 Å². The summed E-state index contributed by atoms with van der Waals surface area (Å²) in [7, 11) is 0. The van der Waals surface area contributed by atoms with E-state index in [1.165, 1.54) is 11.1 Å². The van der Waals surface area contributed by atoms with Crippen LogP contribution in [0.2, 0.25) is 0 Å². The molecule has 0 saturated heterocycles. The van der Waals surface area contributed by atoms with E-state index in [-0.39, 0.29) is 5.69 Å². The lowest BCUT2D eigenvalue weighted by molar-refractivity contribution is 0.641. The van der Waals surface area contributed by atoms with Gasteiger partial charge in [0.25, 0.3) is 0 Å². The van der Waals surface area contributed by atoms with Crippen molar-refractivity contribution in [2.45, 2.75) is 33.7 Å². The molecular weight excluding hydrogens is 310 g/mol. The summed E-state index contributed by atoms with van der Waals surface area (Å²) in [4.78, 5) is 16.8. The molecule has 2 heterocycles. The van der Waals surface area contributed by atoms with Crippen molar-refractivity contribution in [2.24, 2.45) is 0 Å². The van der Waals surface area contributed by atoms with Gasteiger partial charge in [-0.1, -0.05) is 42.0 Å². The fourth-order valence-electron chi connectivity index (χ4n) is 3.74. The first-order chi connectivity index (χ1) is 12.0. The largest absolute Gasteiger partial charge is 0.350 e. The van der Waals surface area contributed by atoms with Gasteiger partial charge in [0.05, 0.1) is 5.69 Å². The Bertz CT molecular complexity index is 1010. The van der Waals surface area contributed by atoms with Gasteiger partial charge in [-0.25, -0.2) is 4.79 Å². The highest BCUT2D eigenvalue weighted by Gasteiger charge is 2.18. The second-order valence-corrected chi connectivity index (χ2v) is 6.77. The van der Waals surface area contributed by atoms with Crippen molar-refractivity contribution in [2.75, 3.05) is 5.32 Å². The third-order valence-electron chi connectivity index (χ3n) is 4.84. The molecule has 0 radical (unpaired) electrons. The van der Waals surface area contributed by atoms with Gasteiger partial charge in [0.15, 0.2) is 0 Å². The molecule has 3 aromatic rings. The first-order valence-corrected chi connectivity index (χ1v) is 8.58. The van der Waals surface area contributed by atoms with Gasteiger partial charge in [-0.3, -0.25) is 4.57 Å². The van der Waals surface area contributed by atoms with Crippen molar-refractivity contribution >= 4 is 11.5 Å². The highest BCUT2D eigenvalue weighted by Crippen LogP contribution is 2.30. The lowest BCUT2D eigenvalue weighted by Gasteiger charge is -2.22. The maximum atomic E-state index is 12.5. The Morgan fingerprint density at radius 3 is 2.52 bits per heavy atom. The smallest absolute Gasteiger partial charge is 0.340 e. The van der Waals surface area contributed by atoms with E-state index >= 15 is 0 Å². The van der Waals surface area contributed by atoms with Crippen LogP contribution in [0.3, 0.4) is 0 Å². The van der Waals surface area contributed by atoms with Crippen molar-refractivity contribution in [3.63, 3.8) is 0 Å². The Kier molecular flexibility index (Phi) is 3.68. The number of hydrogen-bond acceptors (Lipinski definition) is 3. The van der Waals surface area contributed by atoms with Gasteiger partial charge in [0.1, 0.15) is 5.82 Å². The number of fused-ring (bicyclic) bond motifs is 3. The second kappa shape index (κ2) is 5.88. The summed E-state index contributed by atoms with van der Waals surface area (Å²) in [6.45, 7) is 6.91. The molecule has 0 saturated carbocycles. The Morgan fingerprint density at radius 2 is 1.76 bits per heavy atom. The zero-order chi connectivity index (χ0) is 17.6. The topological polar surface area (TPSA) is 46.9 Å². The minimum Gasteiger partial charge on any atom is -0.340 e. The molecule has 0 bridgehead atoms. The number of nitrogens with zero attached hydrogens (tertiary/aromatic N) is 2. The zero-order valence-electron chi connectivity index (χ0n) is 14.8. The monoisotopic (exact) mass is 331 g/mol. The van der Waals surface area contributed by atoms with Gasteiger partial charge in [-0.05, 0) is 43.9 Å². The molecule has 2 aromatic carbocycles. The molecule has 0 atom stereocenters. The Hall–Kier alpha value is -2.88. The number of hydrogen-bond donors (Lipinski definition) is 1. The van der Waals surface area contributed by atoms with Crippen molar-refractivity contribution in [3.8, 4) is 11.3 Å². The van der Waals surface area contributed by atoms with Crippen molar-refractivity contribution in [3.05, 3.63) is 75.2 Å². The van der Waals surface area contributed by atoms with E-state index in [2.05, 4.69) is 55.3 Å². The molecule has 0 fully saturated rings. The maximum absolute atomic E-state index is 12.5. The van der Waals surface area contributed by atoms with Crippen molar-refractivity contribution in [1.29, 1.82) is 0 Å². The van der Waals surface area contributed by atoms with E-state index in [1.807, 2.05) is 18.2 Å². The van der Waals surface area contributed by atoms with E-state index in [0.29, 0.717) is 12.4 Å². The number of anilines is 2. The summed E-state index contributed by atoms with van der Waals surface area (Å²) in [5.74, 6) is 0.600. The molecule has 1 aliphatic rings. The molecule has 25 heavy (non-hydrogen) atoms. The van der Waals surface area contributed by atoms with E-state index in [1.54, 1.807) is 4.57 Å². The first-order valence-electron chi connectivity index (χ1n) is 8.58. The van der Waals surface area contributed by atoms with Crippen LogP contribution in [0.15, 0.2) is 47.3 Å². The molecule has 4 rings (SSSR count). The molecule has 4 heteroatoms. The van der Waals surface area contributed by atoms with Gasteiger partial charge in [-0.15, -0.1) is 0 Å². The molecular formula is C21H21N3O. The number of benzene rings is 2. The number of nitrogens with one attached hydrogen (secondary N) is 1. The first kappa shape index (κ1) is 15.6. The number of aromatic nitrogens is 2. The van der Waals surface area contributed by atoms with Gasteiger partial charge in [0, 0.05) is 23.9 Å². The van der Waals surface area contributed by atoms with Crippen molar-refractivity contribution < 1.29 is 0 Å². The van der Waals surface area contributed by atoms with Crippen LogP contribution in [0.5, 0.6) is 0 Å². The minimum absolute atomic E-state index is 0.197. The summed E-state index contributed by atoms with van der Waals surface area (Å²) in [5.41, 5.74) is 7.69. The molecule has 126 valence electrons. The Morgan fingerprint density at radius 1 is 1.04 bits per heavy atom. The quantitative estimate of drug-likeness (QED) is 0.768. The summed E-state index contributed by atoms with van der Waals surface area (Å²) in [6.07, 6.45) is 0.869. The van der Waals surface area contributed by atoms with Crippen LogP contribution in [0.25, 0.3) is 11.3 Å². The van der Waals surface area contributed by atoms with Crippen molar-refractivity contribution in [1.82, 2.24) is 9.55 Å². The summed E-state index contributed by atoms with van der Waals surface area (Å²) in [6, 6.07) is 14.5. The molecule has 0 unspecified atom stereocenters. The average Bonchev–Trinajstić information content (AvgIpc) is 2.58. The van der Waals surface area contributed by atoms with Gasteiger partial charge in [-0.2, -0.15) is 4.98 Å². The van der Waals surface area contributed by atoms with Crippen LogP contribution in [0.4, 0.5) is 11.5 Å². The van der Waals surface area contributed by atoms with E-state index in [0.717, 1.165) is 34.5 Å². The standard InChI is InChI=1S/C21H21N3O/c1-13-10-14(2)20(15(3)11-13)22-19-12-18-17-7-5-4-6-16(17)8-9-24(18)21(25)23-19/h4-7,10-12H,8-9H2,1-3H3,(H,22,23,25). The highest BCUT2D eigenvalue weighted by molar-refractivity contribution is 5.71. The molecule has 1 aromatic heterocycles.